The molecule has 0 fully saturated rings. The number of thiophene rings is 1. The Hall–Kier alpha value is -1.89. The van der Waals surface area contributed by atoms with E-state index in [-0.39, 0.29) is 16.7 Å². The summed E-state index contributed by atoms with van der Waals surface area (Å²) in [5.74, 6) is 0.472. The van der Waals surface area contributed by atoms with Gasteiger partial charge in [-0.05, 0) is 24.8 Å². The van der Waals surface area contributed by atoms with Crippen LogP contribution < -0.4 is 5.32 Å². The smallest absolute Gasteiger partial charge is 0.334 e. The summed E-state index contributed by atoms with van der Waals surface area (Å²) in [5, 5.41) is 20.8. The Balaban J connectivity index is 2.33. The molecule has 7 heteroatoms. The van der Waals surface area contributed by atoms with E-state index in [4.69, 9.17) is 0 Å². The highest BCUT2D eigenvalue weighted by atomic mass is 32.1. The normalized spacial score (nSPS) is 12.3. The highest BCUT2D eigenvalue weighted by Gasteiger charge is 2.27. The third kappa shape index (κ3) is 2.82. The number of aromatic nitrogens is 2. The summed E-state index contributed by atoms with van der Waals surface area (Å²) in [6, 6.07) is 3.99. The summed E-state index contributed by atoms with van der Waals surface area (Å²) in [6.45, 7) is 3.97. The van der Waals surface area contributed by atoms with Crippen LogP contribution in [0.1, 0.15) is 36.9 Å². The number of anilines is 1. The summed E-state index contributed by atoms with van der Waals surface area (Å²) in [4.78, 5) is 12.1. The standard InChI is InChI=1S/C13H18N4O2S/c1-4-6-10-12(17(18)19)13(16(3)15-10)14-9(2)11-7-5-8-20-11/h5,7-9,14H,4,6H2,1-3H3. The zero-order valence-corrected chi connectivity index (χ0v) is 12.6. The largest absolute Gasteiger partial charge is 0.357 e. The average molecular weight is 294 g/mol. The fourth-order valence-corrected chi connectivity index (χ4v) is 2.88. The number of rotatable bonds is 6. The van der Waals surface area contributed by atoms with Gasteiger partial charge >= 0.3 is 5.69 Å². The first kappa shape index (κ1) is 14.5. The van der Waals surface area contributed by atoms with Crippen molar-refractivity contribution < 1.29 is 4.92 Å². The van der Waals surface area contributed by atoms with Crippen LogP contribution in [0.3, 0.4) is 0 Å². The van der Waals surface area contributed by atoms with Gasteiger partial charge in [0.15, 0.2) is 0 Å². The van der Waals surface area contributed by atoms with Crippen LogP contribution in [-0.4, -0.2) is 14.7 Å². The number of aryl methyl sites for hydroxylation is 2. The van der Waals surface area contributed by atoms with E-state index in [2.05, 4.69) is 10.4 Å². The summed E-state index contributed by atoms with van der Waals surface area (Å²) < 4.78 is 1.56. The Morgan fingerprint density at radius 3 is 2.90 bits per heavy atom. The molecule has 2 aromatic heterocycles. The maximum absolute atomic E-state index is 11.3. The van der Waals surface area contributed by atoms with E-state index in [1.54, 1.807) is 23.1 Å². The zero-order valence-electron chi connectivity index (χ0n) is 11.8. The molecule has 20 heavy (non-hydrogen) atoms. The van der Waals surface area contributed by atoms with Crippen LogP contribution >= 0.6 is 11.3 Å². The predicted molar refractivity (Wildman–Crippen MR) is 80.2 cm³/mol. The van der Waals surface area contributed by atoms with Gasteiger partial charge in [-0.2, -0.15) is 5.10 Å². The van der Waals surface area contributed by atoms with Crippen molar-refractivity contribution in [2.75, 3.05) is 5.32 Å². The number of hydrogen-bond acceptors (Lipinski definition) is 5. The molecule has 0 spiro atoms. The molecule has 0 aliphatic carbocycles. The van der Waals surface area contributed by atoms with E-state index in [0.717, 1.165) is 11.3 Å². The second-order valence-corrected chi connectivity index (χ2v) is 5.64. The SMILES string of the molecule is CCCc1nn(C)c(NC(C)c2cccs2)c1[N+](=O)[O-]. The van der Waals surface area contributed by atoms with Crippen LogP contribution in [-0.2, 0) is 13.5 Å². The van der Waals surface area contributed by atoms with E-state index >= 15 is 0 Å². The second-order valence-electron chi connectivity index (χ2n) is 4.66. The number of nitro groups is 1. The van der Waals surface area contributed by atoms with Gasteiger partial charge < -0.3 is 5.32 Å². The summed E-state index contributed by atoms with van der Waals surface area (Å²) in [7, 11) is 1.73. The topological polar surface area (TPSA) is 73.0 Å². The van der Waals surface area contributed by atoms with Crippen molar-refractivity contribution in [3.05, 3.63) is 38.2 Å². The minimum absolute atomic E-state index is 0.0126. The highest BCUT2D eigenvalue weighted by Crippen LogP contribution is 2.32. The van der Waals surface area contributed by atoms with Crippen LogP contribution in [0, 0.1) is 10.1 Å². The van der Waals surface area contributed by atoms with Gasteiger partial charge in [0.1, 0.15) is 5.69 Å². The van der Waals surface area contributed by atoms with Gasteiger partial charge in [-0.15, -0.1) is 11.3 Å². The van der Waals surface area contributed by atoms with Gasteiger partial charge in [0, 0.05) is 11.9 Å². The van der Waals surface area contributed by atoms with Crippen LogP contribution in [0.15, 0.2) is 17.5 Å². The molecule has 0 saturated heterocycles. The molecule has 0 aromatic carbocycles. The van der Waals surface area contributed by atoms with Gasteiger partial charge in [-0.3, -0.25) is 10.1 Å². The highest BCUT2D eigenvalue weighted by molar-refractivity contribution is 7.10. The molecule has 1 atom stereocenters. The summed E-state index contributed by atoms with van der Waals surface area (Å²) in [6.07, 6.45) is 1.44. The second kappa shape index (κ2) is 6.04. The lowest BCUT2D eigenvalue weighted by atomic mass is 10.2. The number of nitrogens with one attached hydrogen (secondary N) is 1. The van der Waals surface area contributed by atoms with Gasteiger partial charge in [-0.1, -0.05) is 19.4 Å². The van der Waals surface area contributed by atoms with Gasteiger partial charge in [0.2, 0.25) is 5.82 Å². The van der Waals surface area contributed by atoms with Gasteiger partial charge in [0.05, 0.1) is 11.0 Å². The fraction of sp³-hybridized carbons (Fsp3) is 0.462. The minimum atomic E-state index is -0.346. The van der Waals surface area contributed by atoms with Crippen LogP contribution in [0.25, 0.3) is 0 Å². The third-order valence-corrected chi connectivity index (χ3v) is 4.14. The Morgan fingerprint density at radius 2 is 2.35 bits per heavy atom. The first-order valence-electron chi connectivity index (χ1n) is 6.54. The molecule has 6 nitrogen and oxygen atoms in total. The van der Waals surface area contributed by atoms with Crippen molar-refractivity contribution in [2.45, 2.75) is 32.7 Å². The Labute approximate surface area is 121 Å². The number of hydrogen-bond donors (Lipinski definition) is 1. The molecule has 0 saturated carbocycles. The molecule has 1 N–H and O–H groups in total. The Morgan fingerprint density at radius 1 is 1.60 bits per heavy atom. The average Bonchev–Trinajstić information content (AvgIpc) is 2.99. The predicted octanol–water partition coefficient (Wildman–Crippen LogP) is 3.52. The molecule has 1 unspecified atom stereocenters. The maximum Gasteiger partial charge on any atom is 0.334 e. The van der Waals surface area contributed by atoms with Gasteiger partial charge in [-0.25, -0.2) is 4.68 Å². The molecule has 2 aromatic rings. The molecule has 0 aliphatic heterocycles. The lowest BCUT2D eigenvalue weighted by molar-refractivity contribution is -0.384. The van der Waals surface area contributed by atoms with E-state index in [1.165, 1.54) is 0 Å². The van der Waals surface area contributed by atoms with Crippen molar-refractivity contribution >= 4 is 22.8 Å². The van der Waals surface area contributed by atoms with Crippen molar-refractivity contribution in [1.82, 2.24) is 9.78 Å². The molecule has 0 bridgehead atoms. The quantitative estimate of drug-likeness (QED) is 0.653. The first-order valence-corrected chi connectivity index (χ1v) is 7.42. The summed E-state index contributed by atoms with van der Waals surface area (Å²) >= 11 is 1.63. The van der Waals surface area contributed by atoms with Crippen molar-refractivity contribution in [1.29, 1.82) is 0 Å². The van der Waals surface area contributed by atoms with E-state index in [9.17, 15) is 10.1 Å². The van der Waals surface area contributed by atoms with Crippen LogP contribution in [0.5, 0.6) is 0 Å². The van der Waals surface area contributed by atoms with E-state index < -0.39 is 0 Å². The molecule has 2 rings (SSSR count). The summed E-state index contributed by atoms with van der Waals surface area (Å²) in [5.41, 5.74) is 0.638. The van der Waals surface area contributed by atoms with Crippen molar-refractivity contribution in [2.24, 2.45) is 7.05 Å². The minimum Gasteiger partial charge on any atom is -0.357 e. The lowest BCUT2D eigenvalue weighted by Crippen LogP contribution is -2.10. The Bertz CT molecular complexity index is 592. The van der Waals surface area contributed by atoms with E-state index in [0.29, 0.717) is 17.9 Å². The van der Waals surface area contributed by atoms with Crippen molar-refractivity contribution in [3.8, 4) is 0 Å². The molecular formula is C13H18N4O2S. The van der Waals surface area contributed by atoms with Gasteiger partial charge in [0.25, 0.3) is 0 Å². The molecule has 0 amide bonds. The lowest BCUT2D eigenvalue weighted by Gasteiger charge is -2.12. The molecule has 0 radical (unpaired) electrons. The molecular weight excluding hydrogens is 276 g/mol. The fourth-order valence-electron chi connectivity index (χ4n) is 2.14. The Kier molecular flexibility index (Phi) is 4.39. The van der Waals surface area contributed by atoms with E-state index in [1.807, 2.05) is 31.4 Å². The third-order valence-electron chi connectivity index (χ3n) is 3.08. The monoisotopic (exact) mass is 294 g/mol. The van der Waals surface area contributed by atoms with Crippen LogP contribution in [0.2, 0.25) is 0 Å². The molecule has 2 heterocycles. The zero-order chi connectivity index (χ0) is 14.7. The maximum atomic E-state index is 11.3. The van der Waals surface area contributed by atoms with Crippen molar-refractivity contribution in [3.63, 3.8) is 0 Å². The number of nitrogens with zero attached hydrogens (tertiary/aromatic N) is 3. The van der Waals surface area contributed by atoms with Crippen LogP contribution in [0.4, 0.5) is 11.5 Å². The molecule has 108 valence electrons. The molecule has 0 aliphatic rings. The first-order chi connectivity index (χ1) is 9.54.